The second-order valence-corrected chi connectivity index (χ2v) is 5.98. The van der Waals surface area contributed by atoms with E-state index in [-0.39, 0.29) is 0 Å². The lowest BCUT2D eigenvalue weighted by molar-refractivity contribution is 0.0601. The Bertz CT molecular complexity index is 919. The summed E-state index contributed by atoms with van der Waals surface area (Å²) in [6.07, 6.45) is 1.13. The number of hydrogen-bond donors (Lipinski definition) is 1. The highest BCUT2D eigenvalue weighted by Gasteiger charge is 2.28. The molecule has 0 fully saturated rings. The SMILES string of the molecule is COC(=O)c1ccc2c(c1)-c1c(cc(OC)c(OC)c1OC)CC/C2=N/O. The van der Waals surface area contributed by atoms with Gasteiger partial charge in [0.15, 0.2) is 11.5 Å². The summed E-state index contributed by atoms with van der Waals surface area (Å²) in [6, 6.07) is 6.99. The third-order valence-corrected chi connectivity index (χ3v) is 4.68. The molecule has 0 heterocycles. The molecule has 2 aromatic carbocycles. The van der Waals surface area contributed by atoms with Gasteiger partial charge >= 0.3 is 5.97 Å². The van der Waals surface area contributed by atoms with Crippen LogP contribution >= 0.6 is 0 Å². The van der Waals surface area contributed by atoms with Crippen molar-refractivity contribution in [3.05, 3.63) is 41.0 Å². The average molecular weight is 371 g/mol. The van der Waals surface area contributed by atoms with Crippen molar-refractivity contribution in [3.63, 3.8) is 0 Å². The van der Waals surface area contributed by atoms with E-state index in [4.69, 9.17) is 18.9 Å². The number of benzene rings is 2. The highest BCUT2D eigenvalue weighted by atomic mass is 16.5. The summed E-state index contributed by atoms with van der Waals surface area (Å²) in [5, 5.41) is 13.0. The van der Waals surface area contributed by atoms with E-state index in [2.05, 4.69) is 5.16 Å². The van der Waals surface area contributed by atoms with Crippen LogP contribution in [0.4, 0.5) is 0 Å². The van der Waals surface area contributed by atoms with Gasteiger partial charge in [-0.05, 0) is 42.2 Å². The zero-order valence-corrected chi connectivity index (χ0v) is 15.7. The largest absolute Gasteiger partial charge is 0.493 e. The predicted molar refractivity (Wildman–Crippen MR) is 99.5 cm³/mol. The topological polar surface area (TPSA) is 86.6 Å². The zero-order valence-electron chi connectivity index (χ0n) is 15.7. The van der Waals surface area contributed by atoms with E-state index in [1.54, 1.807) is 32.4 Å². The highest BCUT2D eigenvalue weighted by molar-refractivity contribution is 6.09. The standard InChI is InChI=1S/C20H21NO6/c1-24-16-10-11-6-8-15(21-23)13-7-5-12(20(22)27-4)9-14(13)17(11)19(26-3)18(16)25-2/h5,7,9-10,23H,6,8H2,1-4H3/b21-15-. The minimum atomic E-state index is -0.453. The van der Waals surface area contributed by atoms with Gasteiger partial charge in [-0.1, -0.05) is 11.2 Å². The first-order valence-electron chi connectivity index (χ1n) is 8.35. The van der Waals surface area contributed by atoms with Crippen molar-refractivity contribution in [1.29, 1.82) is 0 Å². The van der Waals surface area contributed by atoms with Gasteiger partial charge in [0.1, 0.15) is 0 Å². The molecule has 0 aromatic heterocycles. The van der Waals surface area contributed by atoms with E-state index in [9.17, 15) is 10.0 Å². The third-order valence-electron chi connectivity index (χ3n) is 4.68. The van der Waals surface area contributed by atoms with Crippen LogP contribution in [-0.4, -0.2) is 45.3 Å². The van der Waals surface area contributed by atoms with Crippen molar-refractivity contribution in [2.24, 2.45) is 5.16 Å². The molecular formula is C20H21NO6. The van der Waals surface area contributed by atoms with Gasteiger partial charge in [-0.2, -0.15) is 0 Å². The van der Waals surface area contributed by atoms with Crippen LogP contribution in [0.25, 0.3) is 11.1 Å². The van der Waals surface area contributed by atoms with Crippen LogP contribution in [0.3, 0.4) is 0 Å². The monoisotopic (exact) mass is 371 g/mol. The summed E-state index contributed by atoms with van der Waals surface area (Å²) in [4.78, 5) is 12.0. The van der Waals surface area contributed by atoms with Crippen LogP contribution < -0.4 is 14.2 Å². The Labute approximate surface area is 157 Å². The lowest BCUT2D eigenvalue weighted by atomic mass is 9.93. The molecule has 3 rings (SSSR count). The number of carbonyl (C=O) groups excluding carboxylic acids is 1. The molecule has 27 heavy (non-hydrogen) atoms. The minimum Gasteiger partial charge on any atom is -0.493 e. The molecule has 0 spiro atoms. The lowest BCUT2D eigenvalue weighted by Crippen LogP contribution is -2.06. The first kappa shape index (κ1) is 18.6. The van der Waals surface area contributed by atoms with Gasteiger partial charge in [-0.3, -0.25) is 0 Å². The Kier molecular flexibility index (Phi) is 5.21. The molecule has 0 saturated carbocycles. The maximum absolute atomic E-state index is 12.0. The van der Waals surface area contributed by atoms with Crippen LogP contribution in [0.1, 0.15) is 27.9 Å². The van der Waals surface area contributed by atoms with Crippen molar-refractivity contribution in [3.8, 4) is 28.4 Å². The molecular weight excluding hydrogens is 350 g/mol. The number of esters is 1. The number of aryl methyl sites for hydroxylation is 1. The molecule has 0 saturated heterocycles. The fourth-order valence-electron chi connectivity index (χ4n) is 3.44. The molecule has 2 aromatic rings. The molecule has 1 aliphatic carbocycles. The van der Waals surface area contributed by atoms with E-state index in [0.29, 0.717) is 46.9 Å². The van der Waals surface area contributed by atoms with E-state index in [1.807, 2.05) is 6.07 Å². The summed E-state index contributed by atoms with van der Waals surface area (Å²) in [5.41, 5.74) is 4.04. The summed E-state index contributed by atoms with van der Waals surface area (Å²) < 4.78 is 21.5. The van der Waals surface area contributed by atoms with E-state index in [0.717, 1.165) is 16.7 Å². The highest BCUT2D eigenvalue weighted by Crippen LogP contribution is 2.49. The van der Waals surface area contributed by atoms with E-state index < -0.39 is 5.97 Å². The second-order valence-electron chi connectivity index (χ2n) is 5.98. The normalized spacial score (nSPS) is 14.0. The number of fused-ring (bicyclic) bond motifs is 3. The Morgan fingerprint density at radius 1 is 0.963 bits per heavy atom. The van der Waals surface area contributed by atoms with Crippen LogP contribution in [0, 0.1) is 0 Å². The van der Waals surface area contributed by atoms with Crippen LogP contribution in [0.5, 0.6) is 17.2 Å². The van der Waals surface area contributed by atoms with E-state index >= 15 is 0 Å². The molecule has 142 valence electrons. The molecule has 0 radical (unpaired) electrons. The fourth-order valence-corrected chi connectivity index (χ4v) is 3.44. The first-order chi connectivity index (χ1) is 13.1. The number of hydrogen-bond acceptors (Lipinski definition) is 7. The molecule has 1 N–H and O–H groups in total. The molecule has 0 unspecified atom stereocenters. The van der Waals surface area contributed by atoms with Crippen LogP contribution in [0.2, 0.25) is 0 Å². The number of nitrogens with zero attached hydrogens (tertiary/aromatic N) is 1. The summed E-state index contributed by atoms with van der Waals surface area (Å²) in [5.74, 6) is 1.04. The van der Waals surface area contributed by atoms with Crippen molar-refractivity contribution in [1.82, 2.24) is 0 Å². The van der Waals surface area contributed by atoms with Crippen molar-refractivity contribution >= 4 is 11.7 Å². The molecule has 7 heteroatoms. The fraction of sp³-hybridized carbons (Fsp3) is 0.300. The van der Waals surface area contributed by atoms with Crippen LogP contribution in [-0.2, 0) is 11.2 Å². The molecule has 1 aliphatic rings. The van der Waals surface area contributed by atoms with Crippen molar-refractivity contribution < 1.29 is 28.9 Å². The minimum absolute atomic E-state index is 0.387. The van der Waals surface area contributed by atoms with Gasteiger partial charge in [0, 0.05) is 11.1 Å². The Morgan fingerprint density at radius 3 is 2.30 bits per heavy atom. The van der Waals surface area contributed by atoms with Crippen LogP contribution in [0.15, 0.2) is 29.4 Å². The number of rotatable bonds is 4. The number of ether oxygens (including phenoxy) is 4. The quantitative estimate of drug-likeness (QED) is 0.504. The number of oxime groups is 1. The first-order valence-corrected chi connectivity index (χ1v) is 8.35. The molecule has 0 atom stereocenters. The van der Waals surface area contributed by atoms with Gasteiger partial charge in [-0.25, -0.2) is 4.79 Å². The van der Waals surface area contributed by atoms with Gasteiger partial charge in [0.25, 0.3) is 0 Å². The molecule has 0 amide bonds. The van der Waals surface area contributed by atoms with E-state index in [1.165, 1.54) is 14.2 Å². The summed E-state index contributed by atoms with van der Waals surface area (Å²) in [6.45, 7) is 0. The zero-order chi connectivity index (χ0) is 19.6. The van der Waals surface area contributed by atoms with Gasteiger partial charge in [0.05, 0.1) is 39.7 Å². The third kappa shape index (κ3) is 3.05. The maximum atomic E-state index is 12.0. The predicted octanol–water partition coefficient (Wildman–Crippen LogP) is 3.29. The second kappa shape index (κ2) is 7.57. The van der Waals surface area contributed by atoms with Gasteiger partial charge in [0.2, 0.25) is 5.75 Å². The lowest BCUT2D eigenvalue weighted by Gasteiger charge is -2.19. The number of carbonyl (C=O) groups is 1. The van der Waals surface area contributed by atoms with Crippen molar-refractivity contribution in [2.45, 2.75) is 12.8 Å². The number of methoxy groups -OCH3 is 4. The summed E-state index contributed by atoms with van der Waals surface area (Å²) >= 11 is 0. The molecule has 7 nitrogen and oxygen atoms in total. The van der Waals surface area contributed by atoms with Gasteiger partial charge in [-0.15, -0.1) is 0 Å². The Morgan fingerprint density at radius 2 is 1.70 bits per heavy atom. The van der Waals surface area contributed by atoms with Crippen molar-refractivity contribution in [2.75, 3.05) is 28.4 Å². The van der Waals surface area contributed by atoms with Gasteiger partial charge < -0.3 is 24.2 Å². The smallest absolute Gasteiger partial charge is 0.337 e. The maximum Gasteiger partial charge on any atom is 0.337 e. The Hall–Kier alpha value is -3.22. The Balaban J connectivity index is 2.40. The molecule has 0 bridgehead atoms. The summed E-state index contributed by atoms with van der Waals surface area (Å²) in [7, 11) is 5.98. The average Bonchev–Trinajstić information content (AvgIpc) is 2.87. The molecule has 0 aliphatic heterocycles.